The van der Waals surface area contributed by atoms with E-state index in [0.29, 0.717) is 30.4 Å². The van der Waals surface area contributed by atoms with Crippen molar-refractivity contribution in [2.45, 2.75) is 38.0 Å². The molecule has 0 radical (unpaired) electrons. The highest BCUT2D eigenvalue weighted by Gasteiger charge is 2.25. The minimum absolute atomic E-state index is 0.0146. The molecule has 0 saturated heterocycles. The number of hydrogen-bond acceptors (Lipinski definition) is 0. The van der Waals surface area contributed by atoms with E-state index in [1.54, 1.807) is 12.1 Å². The van der Waals surface area contributed by atoms with Gasteiger partial charge in [-0.05, 0) is 72.4 Å². The lowest BCUT2D eigenvalue weighted by Gasteiger charge is -2.26. The van der Waals surface area contributed by atoms with Crippen LogP contribution in [0.3, 0.4) is 0 Å². The third-order valence-corrected chi connectivity index (χ3v) is 4.64. The molecule has 0 bridgehead atoms. The van der Waals surface area contributed by atoms with Crippen molar-refractivity contribution < 1.29 is 13.2 Å². The number of rotatable bonds is 4. The molecule has 0 saturated carbocycles. The summed E-state index contributed by atoms with van der Waals surface area (Å²) in [6, 6.07) is 8.15. The first-order valence-corrected chi connectivity index (χ1v) is 7.95. The highest BCUT2D eigenvalue weighted by molar-refractivity contribution is 5.36. The van der Waals surface area contributed by atoms with Crippen molar-refractivity contribution in [3.05, 3.63) is 82.7 Å². The van der Waals surface area contributed by atoms with Crippen LogP contribution in [-0.4, -0.2) is 0 Å². The molecule has 0 nitrogen and oxygen atoms in total. The molecule has 1 unspecified atom stereocenters. The zero-order chi connectivity index (χ0) is 16.4. The summed E-state index contributed by atoms with van der Waals surface area (Å²) in [4.78, 5) is 0. The van der Waals surface area contributed by atoms with E-state index < -0.39 is 11.6 Å². The minimum Gasteiger partial charge on any atom is -0.207 e. The summed E-state index contributed by atoms with van der Waals surface area (Å²) in [6.45, 7) is 3.67. The van der Waals surface area contributed by atoms with Crippen LogP contribution in [0.5, 0.6) is 0 Å². The fraction of sp³-hybridized carbons (Fsp3) is 0.300. The molecule has 0 N–H and O–H groups in total. The second-order valence-electron chi connectivity index (χ2n) is 6.12. The monoisotopic (exact) mass is 316 g/mol. The molecule has 2 aromatic carbocycles. The predicted molar refractivity (Wildman–Crippen MR) is 86.0 cm³/mol. The molecule has 1 aliphatic carbocycles. The van der Waals surface area contributed by atoms with Gasteiger partial charge in [0.1, 0.15) is 5.82 Å². The average molecular weight is 316 g/mol. The quantitative estimate of drug-likeness (QED) is 0.654. The van der Waals surface area contributed by atoms with Gasteiger partial charge in [0.2, 0.25) is 0 Å². The number of halogens is 3. The first-order chi connectivity index (χ1) is 11.1. The van der Waals surface area contributed by atoms with Crippen molar-refractivity contribution >= 4 is 0 Å². The number of fused-ring (bicyclic) bond motifs is 1. The summed E-state index contributed by atoms with van der Waals surface area (Å²) >= 11 is 0. The molecule has 120 valence electrons. The number of allylic oxidation sites excluding steroid dienone is 1. The first kappa shape index (κ1) is 15.9. The summed E-state index contributed by atoms with van der Waals surface area (Å²) in [7, 11) is 0. The molecule has 3 rings (SSSR count). The fourth-order valence-corrected chi connectivity index (χ4v) is 3.37. The molecule has 2 aromatic rings. The van der Waals surface area contributed by atoms with Crippen LogP contribution in [0.15, 0.2) is 43.0 Å². The van der Waals surface area contributed by atoms with E-state index in [4.69, 9.17) is 0 Å². The van der Waals surface area contributed by atoms with E-state index >= 15 is 0 Å². The maximum atomic E-state index is 14.4. The van der Waals surface area contributed by atoms with Gasteiger partial charge >= 0.3 is 0 Å². The molecule has 1 aliphatic rings. The normalized spacial score (nSPS) is 16.9. The lowest BCUT2D eigenvalue weighted by atomic mass is 9.79. The molecular weight excluding hydrogens is 297 g/mol. The van der Waals surface area contributed by atoms with Gasteiger partial charge in [-0.3, -0.25) is 0 Å². The molecule has 0 heterocycles. The summed E-state index contributed by atoms with van der Waals surface area (Å²) in [5, 5.41) is 0. The zero-order valence-electron chi connectivity index (χ0n) is 12.9. The first-order valence-electron chi connectivity index (χ1n) is 7.95. The van der Waals surface area contributed by atoms with E-state index in [-0.39, 0.29) is 11.7 Å². The third-order valence-electron chi connectivity index (χ3n) is 4.64. The maximum Gasteiger partial charge on any atom is 0.162 e. The molecule has 1 atom stereocenters. The van der Waals surface area contributed by atoms with Gasteiger partial charge in [0.05, 0.1) is 0 Å². The van der Waals surface area contributed by atoms with Crippen LogP contribution in [0.2, 0.25) is 0 Å². The van der Waals surface area contributed by atoms with Crippen LogP contribution in [0.1, 0.15) is 41.0 Å². The number of benzene rings is 2. The Morgan fingerprint density at radius 3 is 2.65 bits per heavy atom. The maximum absolute atomic E-state index is 14.4. The Kier molecular flexibility index (Phi) is 4.56. The molecule has 0 amide bonds. The van der Waals surface area contributed by atoms with Crippen molar-refractivity contribution in [2.24, 2.45) is 0 Å². The van der Waals surface area contributed by atoms with Crippen molar-refractivity contribution in [2.75, 3.05) is 0 Å². The summed E-state index contributed by atoms with van der Waals surface area (Å²) < 4.78 is 41.5. The molecule has 23 heavy (non-hydrogen) atoms. The lowest BCUT2D eigenvalue weighted by Crippen LogP contribution is -2.16. The Morgan fingerprint density at radius 2 is 1.91 bits per heavy atom. The summed E-state index contributed by atoms with van der Waals surface area (Å²) in [5.41, 5.74) is 2.86. The van der Waals surface area contributed by atoms with Crippen molar-refractivity contribution in [3.63, 3.8) is 0 Å². The topological polar surface area (TPSA) is 0 Å². The Morgan fingerprint density at radius 1 is 1.09 bits per heavy atom. The van der Waals surface area contributed by atoms with Crippen LogP contribution < -0.4 is 0 Å². The van der Waals surface area contributed by atoms with E-state index in [1.165, 1.54) is 0 Å². The largest absolute Gasteiger partial charge is 0.207 e. The van der Waals surface area contributed by atoms with Crippen LogP contribution in [-0.2, 0) is 19.3 Å². The van der Waals surface area contributed by atoms with Gasteiger partial charge in [0, 0.05) is 0 Å². The molecule has 0 fully saturated rings. The SMILES string of the molecule is C=CCCc1ccc(C2CCc3c(ccc(F)c3F)C2)c(F)c1. The van der Waals surface area contributed by atoms with Crippen molar-refractivity contribution in [1.29, 1.82) is 0 Å². The van der Waals surface area contributed by atoms with Crippen molar-refractivity contribution in [3.8, 4) is 0 Å². The van der Waals surface area contributed by atoms with Crippen molar-refractivity contribution in [1.82, 2.24) is 0 Å². The second kappa shape index (κ2) is 6.61. The van der Waals surface area contributed by atoms with Crippen LogP contribution in [0, 0.1) is 17.5 Å². The van der Waals surface area contributed by atoms with Gasteiger partial charge < -0.3 is 0 Å². The van der Waals surface area contributed by atoms with Crippen LogP contribution >= 0.6 is 0 Å². The van der Waals surface area contributed by atoms with E-state index in [1.807, 2.05) is 18.2 Å². The Balaban J connectivity index is 1.83. The molecule has 0 spiro atoms. The van der Waals surface area contributed by atoms with Gasteiger partial charge in [0.15, 0.2) is 11.6 Å². The molecule has 0 aliphatic heterocycles. The molecule has 3 heteroatoms. The Bertz CT molecular complexity index is 734. The summed E-state index contributed by atoms with van der Waals surface area (Å²) in [6.07, 6.45) is 5.05. The standard InChI is InChI=1S/C20H19F3/c1-2-3-4-13-5-8-16(19(22)11-13)14-6-9-17-15(12-14)7-10-18(21)20(17)23/h2,5,7-8,10-11,14H,1,3-4,6,9,12H2. The van der Waals surface area contributed by atoms with E-state index in [2.05, 4.69) is 6.58 Å². The van der Waals surface area contributed by atoms with Gasteiger partial charge in [-0.1, -0.05) is 24.3 Å². The highest BCUT2D eigenvalue weighted by Crippen LogP contribution is 2.35. The average Bonchev–Trinajstić information content (AvgIpc) is 2.56. The van der Waals surface area contributed by atoms with Gasteiger partial charge in [-0.2, -0.15) is 0 Å². The van der Waals surface area contributed by atoms with Crippen LogP contribution in [0.4, 0.5) is 13.2 Å². The Labute approximate surface area is 134 Å². The lowest BCUT2D eigenvalue weighted by molar-refractivity contribution is 0.473. The second-order valence-corrected chi connectivity index (χ2v) is 6.12. The predicted octanol–water partition coefficient (Wildman–Crippen LogP) is 5.50. The van der Waals surface area contributed by atoms with E-state index in [0.717, 1.165) is 30.0 Å². The molecular formula is C20H19F3. The molecule has 0 aromatic heterocycles. The highest BCUT2D eigenvalue weighted by atomic mass is 19.2. The summed E-state index contributed by atoms with van der Waals surface area (Å²) in [5.74, 6) is -1.75. The third kappa shape index (κ3) is 3.19. The minimum atomic E-state index is -0.806. The fourth-order valence-electron chi connectivity index (χ4n) is 3.37. The van der Waals surface area contributed by atoms with Gasteiger partial charge in [-0.15, -0.1) is 6.58 Å². The van der Waals surface area contributed by atoms with E-state index in [9.17, 15) is 13.2 Å². The van der Waals surface area contributed by atoms with Gasteiger partial charge in [0.25, 0.3) is 0 Å². The van der Waals surface area contributed by atoms with Gasteiger partial charge in [-0.25, -0.2) is 13.2 Å². The number of aryl methyl sites for hydroxylation is 1. The van der Waals surface area contributed by atoms with Crippen LogP contribution in [0.25, 0.3) is 0 Å². The zero-order valence-corrected chi connectivity index (χ0v) is 12.9. The number of hydrogen-bond donors (Lipinski definition) is 0. The smallest absolute Gasteiger partial charge is 0.162 e. The Hall–Kier alpha value is -2.03.